The van der Waals surface area contributed by atoms with E-state index < -0.39 is 0 Å². The number of aryl methyl sites for hydroxylation is 3. The van der Waals surface area contributed by atoms with Crippen molar-refractivity contribution in [2.24, 2.45) is 5.73 Å². The maximum absolute atomic E-state index is 5.77. The minimum atomic E-state index is 0.444. The van der Waals surface area contributed by atoms with Crippen LogP contribution in [-0.2, 0) is 13.2 Å². The summed E-state index contributed by atoms with van der Waals surface area (Å²) in [6, 6.07) is 6.17. The second-order valence-corrected chi connectivity index (χ2v) is 4.59. The molecule has 4 nitrogen and oxygen atoms in total. The van der Waals surface area contributed by atoms with E-state index >= 15 is 0 Å². The van der Waals surface area contributed by atoms with Gasteiger partial charge in [-0.3, -0.25) is 5.10 Å². The molecule has 0 spiro atoms. The molecule has 0 fully saturated rings. The zero-order valence-corrected chi connectivity index (χ0v) is 11.1. The Balaban J connectivity index is 2.11. The first-order chi connectivity index (χ1) is 8.60. The topological polar surface area (TPSA) is 63.9 Å². The first-order valence-corrected chi connectivity index (χ1v) is 6.04. The van der Waals surface area contributed by atoms with Gasteiger partial charge in [-0.1, -0.05) is 6.07 Å². The molecule has 4 heteroatoms. The summed E-state index contributed by atoms with van der Waals surface area (Å²) in [7, 11) is 0. The van der Waals surface area contributed by atoms with Gasteiger partial charge in [-0.05, 0) is 44.0 Å². The number of ether oxygens (including phenoxy) is 1. The van der Waals surface area contributed by atoms with Crippen molar-refractivity contribution in [3.05, 3.63) is 46.3 Å². The summed E-state index contributed by atoms with van der Waals surface area (Å²) < 4.78 is 5.77. The van der Waals surface area contributed by atoms with Crippen molar-refractivity contribution >= 4 is 0 Å². The SMILES string of the molecule is Cc1cc(C)cc(OCc2n[nH]c(C)c2CN)c1. The molecule has 0 radical (unpaired) electrons. The molecule has 0 bridgehead atoms. The quantitative estimate of drug-likeness (QED) is 0.869. The second kappa shape index (κ2) is 5.23. The molecule has 0 saturated carbocycles. The lowest BCUT2D eigenvalue weighted by molar-refractivity contribution is 0.299. The summed E-state index contributed by atoms with van der Waals surface area (Å²) in [6.45, 7) is 7.01. The Morgan fingerprint density at radius 1 is 1.17 bits per heavy atom. The lowest BCUT2D eigenvalue weighted by Gasteiger charge is -2.08. The van der Waals surface area contributed by atoms with Gasteiger partial charge in [0.25, 0.3) is 0 Å². The van der Waals surface area contributed by atoms with Gasteiger partial charge in [0.15, 0.2) is 0 Å². The van der Waals surface area contributed by atoms with Gasteiger partial charge in [0.1, 0.15) is 18.1 Å². The number of hydrogen-bond donors (Lipinski definition) is 2. The van der Waals surface area contributed by atoms with Gasteiger partial charge in [0.2, 0.25) is 0 Å². The molecule has 0 saturated heterocycles. The van der Waals surface area contributed by atoms with Gasteiger partial charge in [-0.15, -0.1) is 0 Å². The summed E-state index contributed by atoms with van der Waals surface area (Å²) in [6.07, 6.45) is 0. The van der Waals surface area contributed by atoms with Crippen LogP contribution in [0.25, 0.3) is 0 Å². The highest BCUT2D eigenvalue weighted by Gasteiger charge is 2.09. The van der Waals surface area contributed by atoms with E-state index in [9.17, 15) is 0 Å². The van der Waals surface area contributed by atoms with Gasteiger partial charge in [0.05, 0.1) is 0 Å². The van der Waals surface area contributed by atoms with Crippen molar-refractivity contribution in [1.82, 2.24) is 10.2 Å². The standard InChI is InChI=1S/C14H19N3O/c1-9-4-10(2)6-12(5-9)18-8-14-13(7-15)11(3)16-17-14/h4-6H,7-8,15H2,1-3H3,(H,16,17). The molecule has 18 heavy (non-hydrogen) atoms. The van der Waals surface area contributed by atoms with Crippen molar-refractivity contribution in [3.63, 3.8) is 0 Å². The van der Waals surface area contributed by atoms with Crippen LogP contribution in [0.2, 0.25) is 0 Å². The Bertz CT molecular complexity index is 526. The summed E-state index contributed by atoms with van der Waals surface area (Å²) in [5, 5.41) is 7.15. The number of nitrogens with one attached hydrogen (secondary N) is 1. The highest BCUT2D eigenvalue weighted by Crippen LogP contribution is 2.18. The number of rotatable bonds is 4. The Labute approximate surface area is 107 Å². The van der Waals surface area contributed by atoms with Crippen molar-refractivity contribution in [2.45, 2.75) is 33.9 Å². The van der Waals surface area contributed by atoms with Crippen LogP contribution in [0.1, 0.15) is 28.1 Å². The molecule has 0 aliphatic carbocycles. The Kier molecular flexibility index (Phi) is 3.67. The summed E-state index contributed by atoms with van der Waals surface area (Å²) in [5.74, 6) is 0.871. The number of benzene rings is 1. The van der Waals surface area contributed by atoms with Gasteiger partial charge in [-0.25, -0.2) is 0 Å². The molecule has 1 aromatic carbocycles. The van der Waals surface area contributed by atoms with E-state index in [4.69, 9.17) is 10.5 Å². The highest BCUT2D eigenvalue weighted by atomic mass is 16.5. The third-order valence-electron chi connectivity index (χ3n) is 2.93. The normalized spacial score (nSPS) is 10.7. The molecule has 0 aliphatic heterocycles. The van der Waals surface area contributed by atoms with E-state index in [0.29, 0.717) is 13.2 Å². The number of hydrogen-bond acceptors (Lipinski definition) is 3. The zero-order valence-electron chi connectivity index (χ0n) is 11.1. The maximum atomic E-state index is 5.77. The molecule has 2 aromatic rings. The van der Waals surface area contributed by atoms with Crippen molar-refractivity contribution in [2.75, 3.05) is 0 Å². The predicted octanol–water partition coefficient (Wildman–Crippen LogP) is 2.37. The average Bonchev–Trinajstić information content (AvgIpc) is 2.66. The highest BCUT2D eigenvalue weighted by molar-refractivity contribution is 5.33. The fraction of sp³-hybridized carbons (Fsp3) is 0.357. The molecule has 0 atom stereocenters. The Morgan fingerprint density at radius 3 is 2.44 bits per heavy atom. The maximum Gasteiger partial charge on any atom is 0.132 e. The number of nitrogens with zero attached hydrogens (tertiary/aromatic N) is 1. The molecular weight excluding hydrogens is 226 g/mol. The molecule has 3 N–H and O–H groups in total. The summed E-state index contributed by atoms with van der Waals surface area (Å²) in [4.78, 5) is 0. The number of aromatic nitrogens is 2. The summed E-state index contributed by atoms with van der Waals surface area (Å²) in [5.41, 5.74) is 11.0. The van der Waals surface area contributed by atoms with Crippen molar-refractivity contribution in [1.29, 1.82) is 0 Å². The van der Waals surface area contributed by atoms with Gasteiger partial charge >= 0.3 is 0 Å². The average molecular weight is 245 g/mol. The van der Waals surface area contributed by atoms with Crippen LogP contribution in [0.4, 0.5) is 0 Å². The minimum Gasteiger partial charge on any atom is -0.487 e. The molecule has 0 unspecified atom stereocenters. The zero-order chi connectivity index (χ0) is 13.1. The summed E-state index contributed by atoms with van der Waals surface area (Å²) >= 11 is 0. The molecule has 0 aliphatic rings. The van der Waals surface area contributed by atoms with Crippen LogP contribution in [0.5, 0.6) is 5.75 Å². The first-order valence-electron chi connectivity index (χ1n) is 6.04. The smallest absolute Gasteiger partial charge is 0.132 e. The fourth-order valence-electron chi connectivity index (χ4n) is 2.06. The van der Waals surface area contributed by atoms with Crippen LogP contribution in [-0.4, -0.2) is 10.2 Å². The monoisotopic (exact) mass is 245 g/mol. The van der Waals surface area contributed by atoms with E-state index in [1.54, 1.807) is 0 Å². The Hall–Kier alpha value is -1.81. The lowest BCUT2D eigenvalue weighted by Crippen LogP contribution is -2.04. The number of nitrogens with two attached hydrogens (primary N) is 1. The third-order valence-corrected chi connectivity index (χ3v) is 2.93. The van der Waals surface area contributed by atoms with Gasteiger partial charge in [0, 0.05) is 17.8 Å². The third kappa shape index (κ3) is 2.71. The van der Waals surface area contributed by atoms with E-state index in [1.807, 2.05) is 19.1 Å². The molecule has 2 rings (SSSR count). The lowest BCUT2D eigenvalue weighted by atomic mass is 10.1. The second-order valence-electron chi connectivity index (χ2n) is 4.59. The Morgan fingerprint density at radius 2 is 1.83 bits per heavy atom. The predicted molar refractivity (Wildman–Crippen MR) is 71.5 cm³/mol. The van der Waals surface area contributed by atoms with Crippen LogP contribution < -0.4 is 10.5 Å². The van der Waals surface area contributed by atoms with Crippen LogP contribution in [0.3, 0.4) is 0 Å². The van der Waals surface area contributed by atoms with E-state index in [1.165, 1.54) is 11.1 Å². The molecular formula is C14H19N3O. The van der Waals surface area contributed by atoms with Crippen LogP contribution in [0.15, 0.2) is 18.2 Å². The minimum absolute atomic E-state index is 0.444. The molecule has 1 aromatic heterocycles. The number of H-pyrrole nitrogens is 1. The van der Waals surface area contributed by atoms with Crippen LogP contribution in [0, 0.1) is 20.8 Å². The largest absolute Gasteiger partial charge is 0.487 e. The van der Waals surface area contributed by atoms with Crippen LogP contribution >= 0.6 is 0 Å². The fourth-order valence-corrected chi connectivity index (χ4v) is 2.06. The van der Waals surface area contributed by atoms with E-state index in [2.05, 4.69) is 30.1 Å². The van der Waals surface area contributed by atoms with Gasteiger partial charge < -0.3 is 10.5 Å². The molecule has 96 valence electrons. The van der Waals surface area contributed by atoms with E-state index in [-0.39, 0.29) is 0 Å². The van der Waals surface area contributed by atoms with E-state index in [0.717, 1.165) is 22.7 Å². The number of aromatic amines is 1. The first kappa shape index (κ1) is 12.6. The molecule has 0 amide bonds. The van der Waals surface area contributed by atoms with Crippen molar-refractivity contribution in [3.8, 4) is 5.75 Å². The van der Waals surface area contributed by atoms with Gasteiger partial charge in [-0.2, -0.15) is 5.10 Å². The molecule has 1 heterocycles. The van der Waals surface area contributed by atoms with Crippen molar-refractivity contribution < 1.29 is 4.74 Å².